The summed E-state index contributed by atoms with van der Waals surface area (Å²) in [6.45, 7) is 3.01. The van der Waals surface area contributed by atoms with E-state index in [1.807, 2.05) is 12.1 Å². The third-order valence-electron chi connectivity index (χ3n) is 4.25. The van der Waals surface area contributed by atoms with E-state index in [1.165, 1.54) is 31.7 Å². The van der Waals surface area contributed by atoms with Gasteiger partial charge in [0.2, 0.25) is 0 Å². The monoisotopic (exact) mass is 273 g/mol. The number of nitrogens with zero attached hydrogens (tertiary/aromatic N) is 1. The Hall–Kier alpha value is -1.84. The van der Waals surface area contributed by atoms with Crippen LogP contribution >= 0.6 is 0 Å². The largest absolute Gasteiger partial charge is 0.398 e. The van der Waals surface area contributed by atoms with Gasteiger partial charge in [0.05, 0.1) is 11.2 Å². The molecule has 0 bridgehead atoms. The molecule has 0 aliphatic heterocycles. The molecule has 4 heteroatoms. The van der Waals surface area contributed by atoms with Gasteiger partial charge in [-0.25, -0.2) is 4.39 Å². The van der Waals surface area contributed by atoms with E-state index in [0.717, 1.165) is 11.9 Å². The number of pyridine rings is 1. The van der Waals surface area contributed by atoms with Crippen LogP contribution in [0.25, 0.3) is 10.9 Å². The number of rotatable bonds is 5. The fraction of sp³-hybridized carbons (Fsp3) is 0.438. The Morgan fingerprint density at radius 3 is 2.95 bits per heavy atom. The molecule has 106 valence electrons. The van der Waals surface area contributed by atoms with Gasteiger partial charge in [0, 0.05) is 23.8 Å². The zero-order valence-corrected chi connectivity index (χ0v) is 11.7. The van der Waals surface area contributed by atoms with Gasteiger partial charge in [-0.05, 0) is 42.9 Å². The first-order valence-electron chi connectivity index (χ1n) is 7.22. The van der Waals surface area contributed by atoms with Crippen LogP contribution in [0.4, 0.5) is 15.8 Å². The molecule has 2 aromatic rings. The first kappa shape index (κ1) is 13.2. The molecule has 1 aliphatic rings. The maximum Gasteiger partial charge on any atom is 0.150 e. The van der Waals surface area contributed by atoms with Gasteiger partial charge in [0.15, 0.2) is 5.82 Å². The molecule has 0 atom stereocenters. The molecule has 1 aromatic carbocycles. The van der Waals surface area contributed by atoms with E-state index >= 15 is 0 Å². The number of aromatic nitrogens is 1. The van der Waals surface area contributed by atoms with Crippen LogP contribution in [0.3, 0.4) is 0 Å². The van der Waals surface area contributed by atoms with E-state index < -0.39 is 0 Å². The number of anilines is 2. The number of benzene rings is 1. The SMILES string of the molecule is CCCC1(CNc2c(F)cc(N)c3cccnc23)CC1. The minimum Gasteiger partial charge on any atom is -0.398 e. The summed E-state index contributed by atoms with van der Waals surface area (Å²) in [5.41, 5.74) is 7.77. The number of nitrogen functional groups attached to an aromatic ring is 1. The second-order valence-corrected chi connectivity index (χ2v) is 5.83. The molecule has 3 N–H and O–H groups in total. The van der Waals surface area contributed by atoms with Crippen molar-refractivity contribution >= 4 is 22.3 Å². The summed E-state index contributed by atoms with van der Waals surface area (Å²) in [7, 11) is 0. The Bertz CT molecular complexity index is 635. The van der Waals surface area contributed by atoms with Crippen molar-refractivity contribution in [3.8, 4) is 0 Å². The van der Waals surface area contributed by atoms with Crippen LogP contribution in [-0.2, 0) is 0 Å². The lowest BCUT2D eigenvalue weighted by molar-refractivity contribution is 0.484. The molecule has 0 spiro atoms. The van der Waals surface area contributed by atoms with Gasteiger partial charge in [-0.3, -0.25) is 4.98 Å². The van der Waals surface area contributed by atoms with E-state index in [0.29, 0.717) is 22.3 Å². The minimum atomic E-state index is -0.319. The van der Waals surface area contributed by atoms with Gasteiger partial charge in [-0.15, -0.1) is 0 Å². The Labute approximate surface area is 118 Å². The first-order chi connectivity index (χ1) is 9.65. The average molecular weight is 273 g/mol. The Kier molecular flexibility index (Phi) is 3.24. The Morgan fingerprint density at radius 1 is 1.45 bits per heavy atom. The normalized spacial score (nSPS) is 16.3. The van der Waals surface area contributed by atoms with E-state index in [-0.39, 0.29) is 5.82 Å². The van der Waals surface area contributed by atoms with E-state index in [2.05, 4.69) is 17.2 Å². The van der Waals surface area contributed by atoms with Crippen molar-refractivity contribution in [2.24, 2.45) is 5.41 Å². The van der Waals surface area contributed by atoms with Crippen LogP contribution < -0.4 is 11.1 Å². The highest BCUT2D eigenvalue weighted by Crippen LogP contribution is 2.49. The average Bonchev–Trinajstić information content (AvgIpc) is 3.19. The van der Waals surface area contributed by atoms with Gasteiger partial charge in [-0.2, -0.15) is 0 Å². The number of fused-ring (bicyclic) bond motifs is 1. The molecule has 0 saturated heterocycles. The molecule has 3 nitrogen and oxygen atoms in total. The minimum absolute atomic E-state index is 0.319. The van der Waals surface area contributed by atoms with Gasteiger partial charge < -0.3 is 11.1 Å². The molecule has 0 unspecified atom stereocenters. The molecule has 1 aromatic heterocycles. The van der Waals surface area contributed by atoms with Gasteiger partial charge in [-0.1, -0.05) is 13.3 Å². The molecule has 1 heterocycles. The summed E-state index contributed by atoms with van der Waals surface area (Å²) in [5, 5.41) is 4.08. The third-order valence-corrected chi connectivity index (χ3v) is 4.25. The van der Waals surface area contributed by atoms with Gasteiger partial charge >= 0.3 is 0 Å². The standard InChI is InChI=1S/C16H20FN3/c1-2-5-16(6-7-16)10-20-15-12(17)9-13(18)11-4-3-8-19-14(11)15/h3-4,8-9,20H,2,5-7,10,18H2,1H3. The highest BCUT2D eigenvalue weighted by Gasteiger charge is 2.41. The number of hydrogen-bond donors (Lipinski definition) is 2. The quantitative estimate of drug-likeness (QED) is 0.811. The fourth-order valence-corrected chi connectivity index (χ4v) is 2.90. The lowest BCUT2D eigenvalue weighted by Gasteiger charge is -2.17. The molecule has 3 rings (SSSR count). The maximum absolute atomic E-state index is 14.2. The number of nitrogens with two attached hydrogens (primary N) is 1. The fourth-order valence-electron chi connectivity index (χ4n) is 2.90. The highest BCUT2D eigenvalue weighted by atomic mass is 19.1. The van der Waals surface area contributed by atoms with Crippen LogP contribution in [-0.4, -0.2) is 11.5 Å². The van der Waals surface area contributed by atoms with E-state index in [9.17, 15) is 4.39 Å². The molecule has 0 radical (unpaired) electrons. The molecule has 1 aliphatic carbocycles. The van der Waals surface area contributed by atoms with Crippen molar-refractivity contribution in [3.63, 3.8) is 0 Å². The van der Waals surface area contributed by atoms with Crippen molar-refractivity contribution in [1.82, 2.24) is 4.98 Å². The summed E-state index contributed by atoms with van der Waals surface area (Å²) in [5.74, 6) is -0.319. The topological polar surface area (TPSA) is 50.9 Å². The van der Waals surface area contributed by atoms with Crippen LogP contribution in [0.15, 0.2) is 24.4 Å². The van der Waals surface area contributed by atoms with Crippen LogP contribution in [0, 0.1) is 11.2 Å². The van der Waals surface area contributed by atoms with E-state index in [4.69, 9.17) is 5.73 Å². The first-order valence-corrected chi connectivity index (χ1v) is 7.22. The summed E-state index contributed by atoms with van der Waals surface area (Å²) in [6.07, 6.45) is 6.50. The molecular formula is C16H20FN3. The predicted molar refractivity (Wildman–Crippen MR) is 81.2 cm³/mol. The zero-order valence-electron chi connectivity index (χ0n) is 11.7. The molecule has 0 amide bonds. The van der Waals surface area contributed by atoms with Crippen LogP contribution in [0.1, 0.15) is 32.6 Å². The van der Waals surface area contributed by atoms with E-state index in [1.54, 1.807) is 6.20 Å². The lowest BCUT2D eigenvalue weighted by atomic mass is 10.0. The second-order valence-electron chi connectivity index (χ2n) is 5.83. The summed E-state index contributed by atoms with van der Waals surface area (Å²) < 4.78 is 14.2. The van der Waals surface area contributed by atoms with Crippen molar-refractivity contribution in [3.05, 3.63) is 30.2 Å². The molecule has 1 saturated carbocycles. The maximum atomic E-state index is 14.2. The summed E-state index contributed by atoms with van der Waals surface area (Å²) in [4.78, 5) is 4.29. The number of hydrogen-bond acceptors (Lipinski definition) is 3. The van der Waals surface area contributed by atoms with Crippen LogP contribution in [0.5, 0.6) is 0 Å². The summed E-state index contributed by atoms with van der Waals surface area (Å²) in [6, 6.07) is 5.08. The Balaban J connectivity index is 1.91. The van der Waals surface area contributed by atoms with Gasteiger partial charge in [0.1, 0.15) is 0 Å². The number of halogens is 1. The smallest absolute Gasteiger partial charge is 0.150 e. The third kappa shape index (κ3) is 2.30. The van der Waals surface area contributed by atoms with Crippen LogP contribution in [0.2, 0.25) is 0 Å². The van der Waals surface area contributed by atoms with Crippen molar-refractivity contribution < 1.29 is 4.39 Å². The Morgan fingerprint density at radius 2 is 2.25 bits per heavy atom. The number of nitrogens with one attached hydrogen (secondary N) is 1. The zero-order chi connectivity index (χ0) is 14.2. The predicted octanol–water partition coefficient (Wildman–Crippen LogP) is 3.95. The van der Waals surface area contributed by atoms with Crippen molar-refractivity contribution in [2.75, 3.05) is 17.6 Å². The lowest BCUT2D eigenvalue weighted by Crippen LogP contribution is -2.16. The van der Waals surface area contributed by atoms with Gasteiger partial charge in [0.25, 0.3) is 0 Å². The van der Waals surface area contributed by atoms with Crippen molar-refractivity contribution in [2.45, 2.75) is 32.6 Å². The summed E-state index contributed by atoms with van der Waals surface area (Å²) >= 11 is 0. The highest BCUT2D eigenvalue weighted by molar-refractivity contribution is 5.98. The molecule has 1 fully saturated rings. The molecule has 20 heavy (non-hydrogen) atoms. The molecular weight excluding hydrogens is 253 g/mol. The van der Waals surface area contributed by atoms with Crippen molar-refractivity contribution in [1.29, 1.82) is 0 Å². The second kappa shape index (κ2) is 4.93.